The van der Waals surface area contributed by atoms with E-state index in [9.17, 15) is 0 Å². The number of hydrogen-bond donors (Lipinski definition) is 1. The van der Waals surface area contributed by atoms with Gasteiger partial charge in [0.1, 0.15) is 0 Å². The normalized spacial score (nSPS) is 23.2. The smallest absolute Gasteiger partial charge is 0.0551 e. The fourth-order valence-corrected chi connectivity index (χ4v) is 1.79. The van der Waals surface area contributed by atoms with Crippen molar-refractivity contribution >= 4 is 0 Å². The van der Waals surface area contributed by atoms with Gasteiger partial charge in [0.2, 0.25) is 0 Å². The van der Waals surface area contributed by atoms with Gasteiger partial charge in [-0.15, -0.1) is 5.92 Å². The molecule has 0 amide bonds. The highest BCUT2D eigenvalue weighted by molar-refractivity contribution is 5.02. The molecule has 0 saturated carbocycles. The van der Waals surface area contributed by atoms with Crippen molar-refractivity contribution in [3.05, 3.63) is 0 Å². The first-order valence-corrected chi connectivity index (χ1v) is 5.14. The summed E-state index contributed by atoms with van der Waals surface area (Å²) in [5, 5.41) is 0. The zero-order chi connectivity index (χ0) is 9.68. The van der Waals surface area contributed by atoms with Gasteiger partial charge in [0.25, 0.3) is 0 Å². The maximum absolute atomic E-state index is 5.30. The molecule has 1 atom stereocenters. The molecule has 0 aromatic carbocycles. The predicted octanol–water partition coefficient (Wildman–Crippen LogP) is 1.07. The lowest BCUT2D eigenvalue weighted by Crippen LogP contribution is -2.28. The number of nitrogens with zero attached hydrogens (tertiary/aromatic N) is 1. The van der Waals surface area contributed by atoms with Gasteiger partial charge >= 0.3 is 0 Å². The van der Waals surface area contributed by atoms with E-state index in [0.29, 0.717) is 12.6 Å². The molecule has 1 saturated heterocycles. The Hall–Kier alpha value is -0.520. The number of hydrogen-bond acceptors (Lipinski definition) is 2. The Morgan fingerprint density at radius 1 is 1.46 bits per heavy atom. The Morgan fingerprint density at radius 2 is 2.23 bits per heavy atom. The van der Waals surface area contributed by atoms with Gasteiger partial charge in [-0.2, -0.15) is 0 Å². The van der Waals surface area contributed by atoms with Crippen LogP contribution in [0, 0.1) is 17.8 Å². The summed E-state index contributed by atoms with van der Waals surface area (Å²) in [6.07, 6.45) is 2.33. The fraction of sp³-hybridized carbons (Fsp3) is 0.818. The minimum atomic E-state index is 0.501. The highest BCUT2D eigenvalue weighted by atomic mass is 15.2. The molecule has 1 heterocycles. The van der Waals surface area contributed by atoms with E-state index in [0.717, 1.165) is 12.3 Å². The molecule has 0 spiro atoms. The van der Waals surface area contributed by atoms with Crippen LogP contribution in [0.2, 0.25) is 0 Å². The monoisotopic (exact) mass is 180 g/mol. The van der Waals surface area contributed by atoms with Gasteiger partial charge in [0.15, 0.2) is 0 Å². The van der Waals surface area contributed by atoms with Gasteiger partial charge in [-0.25, -0.2) is 0 Å². The third-order valence-electron chi connectivity index (χ3n) is 2.67. The summed E-state index contributed by atoms with van der Waals surface area (Å²) in [7, 11) is 0. The molecule has 1 rings (SSSR count). The van der Waals surface area contributed by atoms with E-state index in [1.54, 1.807) is 0 Å². The van der Waals surface area contributed by atoms with E-state index < -0.39 is 0 Å². The first kappa shape index (κ1) is 10.6. The van der Waals surface area contributed by atoms with Gasteiger partial charge in [0.05, 0.1) is 6.54 Å². The van der Waals surface area contributed by atoms with Crippen LogP contribution < -0.4 is 5.73 Å². The minimum Gasteiger partial charge on any atom is -0.320 e. The summed E-state index contributed by atoms with van der Waals surface area (Å²) in [4.78, 5) is 2.52. The molecular formula is C11H20N2. The highest BCUT2D eigenvalue weighted by Gasteiger charge is 2.22. The van der Waals surface area contributed by atoms with Gasteiger partial charge in [-0.3, -0.25) is 0 Å². The molecule has 13 heavy (non-hydrogen) atoms. The average molecular weight is 180 g/mol. The first-order chi connectivity index (χ1) is 6.24. The number of likely N-dealkylation sites (tertiary alicyclic amines) is 1. The molecule has 74 valence electrons. The zero-order valence-electron chi connectivity index (χ0n) is 8.71. The second kappa shape index (κ2) is 5.26. The molecule has 0 radical (unpaired) electrons. The molecule has 0 bridgehead atoms. The van der Waals surface area contributed by atoms with E-state index >= 15 is 0 Å². The van der Waals surface area contributed by atoms with Crippen molar-refractivity contribution in [2.24, 2.45) is 11.7 Å². The van der Waals surface area contributed by atoms with Crippen LogP contribution in [0.4, 0.5) is 0 Å². The van der Waals surface area contributed by atoms with Crippen LogP contribution in [0.25, 0.3) is 0 Å². The van der Waals surface area contributed by atoms with Crippen molar-refractivity contribution in [1.29, 1.82) is 0 Å². The average Bonchev–Trinajstić information content (AvgIpc) is 2.53. The summed E-state index contributed by atoms with van der Waals surface area (Å²) in [6, 6.07) is 0.687. The Labute approximate surface area is 81.5 Å². The van der Waals surface area contributed by atoms with Gasteiger partial charge in [0, 0.05) is 19.0 Å². The van der Waals surface area contributed by atoms with E-state index in [1.807, 2.05) is 0 Å². The van der Waals surface area contributed by atoms with Crippen LogP contribution >= 0.6 is 0 Å². The van der Waals surface area contributed by atoms with Crippen molar-refractivity contribution in [3.63, 3.8) is 0 Å². The standard InChI is InChI=1S/C11H20N2/c1-10(2)13-8-6-11(9-13)5-3-4-7-12/h10-11H,5-9,12H2,1-2H3. The fourth-order valence-electron chi connectivity index (χ4n) is 1.79. The van der Waals surface area contributed by atoms with Crippen LogP contribution in [-0.2, 0) is 0 Å². The molecule has 0 aromatic heterocycles. The SMILES string of the molecule is CC(C)N1CCC(CC#CCN)C1. The zero-order valence-corrected chi connectivity index (χ0v) is 8.71. The molecule has 1 aliphatic heterocycles. The molecule has 1 aliphatic rings. The van der Waals surface area contributed by atoms with E-state index in [4.69, 9.17) is 5.73 Å². The van der Waals surface area contributed by atoms with Crippen LogP contribution in [0.5, 0.6) is 0 Å². The van der Waals surface area contributed by atoms with Gasteiger partial charge < -0.3 is 10.6 Å². The quantitative estimate of drug-likeness (QED) is 0.644. The Bertz CT molecular complexity index is 200. The summed E-state index contributed by atoms with van der Waals surface area (Å²) < 4.78 is 0. The van der Waals surface area contributed by atoms with Gasteiger partial charge in [-0.1, -0.05) is 5.92 Å². The lowest BCUT2D eigenvalue weighted by Gasteiger charge is -2.19. The van der Waals surface area contributed by atoms with E-state index in [1.165, 1.54) is 19.5 Å². The van der Waals surface area contributed by atoms with E-state index in [-0.39, 0.29) is 0 Å². The van der Waals surface area contributed by atoms with E-state index in [2.05, 4.69) is 30.6 Å². The highest BCUT2D eigenvalue weighted by Crippen LogP contribution is 2.20. The summed E-state index contributed by atoms with van der Waals surface area (Å²) >= 11 is 0. The second-order valence-corrected chi connectivity index (χ2v) is 4.01. The molecule has 2 nitrogen and oxygen atoms in total. The number of nitrogens with two attached hydrogens (primary N) is 1. The summed E-state index contributed by atoms with van der Waals surface area (Å²) in [6.45, 7) is 7.48. The molecule has 2 N–H and O–H groups in total. The molecular weight excluding hydrogens is 160 g/mol. The predicted molar refractivity (Wildman–Crippen MR) is 56.3 cm³/mol. The third kappa shape index (κ3) is 3.38. The Kier molecular flexibility index (Phi) is 4.27. The molecule has 1 unspecified atom stereocenters. The van der Waals surface area contributed by atoms with Gasteiger partial charge in [-0.05, 0) is 32.7 Å². The lowest BCUT2D eigenvalue weighted by atomic mass is 10.1. The van der Waals surface area contributed by atoms with Crippen LogP contribution in [0.15, 0.2) is 0 Å². The first-order valence-electron chi connectivity index (χ1n) is 5.14. The second-order valence-electron chi connectivity index (χ2n) is 4.01. The summed E-state index contributed by atoms with van der Waals surface area (Å²) in [5.74, 6) is 6.84. The number of rotatable bonds is 2. The van der Waals surface area contributed by atoms with Crippen LogP contribution in [0.3, 0.4) is 0 Å². The largest absolute Gasteiger partial charge is 0.320 e. The van der Waals surface area contributed by atoms with Crippen molar-refractivity contribution in [2.75, 3.05) is 19.6 Å². The van der Waals surface area contributed by atoms with Crippen LogP contribution in [0.1, 0.15) is 26.7 Å². The molecule has 0 aliphatic carbocycles. The maximum Gasteiger partial charge on any atom is 0.0551 e. The lowest BCUT2D eigenvalue weighted by molar-refractivity contribution is 0.266. The summed E-state index contributed by atoms with van der Waals surface area (Å²) in [5.41, 5.74) is 5.30. The molecule has 2 heteroatoms. The van der Waals surface area contributed by atoms with Crippen molar-refractivity contribution in [2.45, 2.75) is 32.7 Å². The van der Waals surface area contributed by atoms with Crippen molar-refractivity contribution in [1.82, 2.24) is 4.90 Å². The minimum absolute atomic E-state index is 0.501. The molecule has 0 aromatic rings. The third-order valence-corrected chi connectivity index (χ3v) is 2.67. The Balaban J connectivity index is 2.25. The maximum atomic E-state index is 5.30. The molecule has 1 fully saturated rings. The van der Waals surface area contributed by atoms with Crippen molar-refractivity contribution < 1.29 is 0 Å². The van der Waals surface area contributed by atoms with Crippen molar-refractivity contribution in [3.8, 4) is 11.8 Å². The van der Waals surface area contributed by atoms with Crippen LogP contribution in [-0.4, -0.2) is 30.6 Å². The topological polar surface area (TPSA) is 29.3 Å². The Morgan fingerprint density at radius 3 is 2.77 bits per heavy atom.